The maximum absolute atomic E-state index is 6.25. The van der Waals surface area contributed by atoms with Gasteiger partial charge in [-0.2, -0.15) is 5.10 Å². The van der Waals surface area contributed by atoms with Crippen LogP contribution in [-0.2, 0) is 7.05 Å². The van der Waals surface area contributed by atoms with E-state index in [0.717, 1.165) is 9.92 Å². The van der Waals surface area contributed by atoms with E-state index in [1.54, 1.807) is 23.0 Å². The molecule has 1 aromatic carbocycles. The van der Waals surface area contributed by atoms with Crippen LogP contribution in [0.25, 0.3) is 0 Å². The van der Waals surface area contributed by atoms with Crippen LogP contribution in [0.3, 0.4) is 0 Å². The Kier molecular flexibility index (Phi) is 5.02. The van der Waals surface area contributed by atoms with Crippen LogP contribution in [0.4, 0.5) is 11.5 Å². The fourth-order valence-electron chi connectivity index (χ4n) is 1.93. The van der Waals surface area contributed by atoms with Crippen LogP contribution in [0.5, 0.6) is 0 Å². The number of rotatable bonds is 4. The fraction of sp³-hybridized carbons (Fsp3) is 0.0667. The molecule has 4 nitrogen and oxygen atoms in total. The normalized spacial score (nSPS) is 10.8. The monoisotopic (exact) mass is 384 g/mol. The highest BCUT2D eigenvalue weighted by atomic mass is 35.5. The van der Waals surface area contributed by atoms with Gasteiger partial charge < -0.3 is 5.32 Å². The first-order valence-electron chi connectivity index (χ1n) is 6.58. The van der Waals surface area contributed by atoms with Crippen molar-refractivity contribution >= 4 is 58.1 Å². The summed E-state index contributed by atoms with van der Waals surface area (Å²) in [4.78, 5) is 5.10. The number of anilines is 2. The molecule has 0 fully saturated rings. The van der Waals surface area contributed by atoms with Gasteiger partial charge in [0.25, 0.3) is 0 Å². The lowest BCUT2D eigenvalue weighted by atomic mass is 10.4. The van der Waals surface area contributed by atoms with Gasteiger partial charge in [0.2, 0.25) is 0 Å². The average molecular weight is 386 g/mol. The van der Waals surface area contributed by atoms with Gasteiger partial charge in [-0.1, -0.05) is 52.6 Å². The van der Waals surface area contributed by atoms with Crippen molar-refractivity contribution < 1.29 is 0 Å². The quantitative estimate of drug-likeness (QED) is 0.628. The smallest absolute Gasteiger partial charge is 0.175 e. The maximum Gasteiger partial charge on any atom is 0.175 e. The molecular weight excluding hydrogens is 375 g/mol. The number of aryl methyl sites for hydroxylation is 1. The molecule has 2 heterocycles. The summed E-state index contributed by atoms with van der Waals surface area (Å²) in [6, 6.07) is 10.9. The number of pyridine rings is 1. The Morgan fingerprint density at radius 3 is 2.65 bits per heavy atom. The molecule has 0 aliphatic rings. The molecule has 0 spiro atoms. The fourth-order valence-corrected chi connectivity index (χ4v) is 3.68. The summed E-state index contributed by atoms with van der Waals surface area (Å²) in [5.41, 5.74) is 0.684. The van der Waals surface area contributed by atoms with Gasteiger partial charge in [0, 0.05) is 23.2 Å². The second kappa shape index (κ2) is 7.01. The minimum atomic E-state index is 0.366. The molecule has 0 amide bonds. The molecule has 3 rings (SSSR count). The zero-order valence-electron chi connectivity index (χ0n) is 11.9. The summed E-state index contributed by atoms with van der Waals surface area (Å²) < 4.78 is 1.70. The topological polar surface area (TPSA) is 42.7 Å². The van der Waals surface area contributed by atoms with Gasteiger partial charge in [-0.3, -0.25) is 4.68 Å². The van der Waals surface area contributed by atoms with Crippen LogP contribution < -0.4 is 5.32 Å². The molecule has 0 saturated carbocycles. The lowest BCUT2D eigenvalue weighted by molar-refractivity contribution is 0.700. The van der Waals surface area contributed by atoms with Crippen molar-refractivity contribution in [1.82, 2.24) is 14.8 Å². The molecule has 0 radical (unpaired) electrons. The van der Waals surface area contributed by atoms with E-state index in [9.17, 15) is 0 Å². The molecule has 1 N–H and O–H groups in total. The lowest BCUT2D eigenvalue weighted by Crippen LogP contribution is -1.96. The first-order valence-corrected chi connectivity index (χ1v) is 8.53. The van der Waals surface area contributed by atoms with Crippen molar-refractivity contribution in [2.75, 3.05) is 5.32 Å². The molecule has 0 bridgehead atoms. The standard InChI is InChI=1S/C15H11Cl3N4S/c1-22-15(23-11-6-5-9(16)8-10(11)17)13(14(18)21-22)20-12-4-2-3-7-19-12/h2-8H,1H3,(H,19,20). The van der Waals surface area contributed by atoms with Crippen molar-refractivity contribution in [2.45, 2.75) is 9.92 Å². The summed E-state index contributed by atoms with van der Waals surface area (Å²) >= 11 is 19.9. The van der Waals surface area contributed by atoms with Crippen LogP contribution in [-0.4, -0.2) is 14.8 Å². The average Bonchev–Trinajstić information content (AvgIpc) is 2.78. The molecule has 23 heavy (non-hydrogen) atoms. The van der Waals surface area contributed by atoms with Crippen molar-refractivity contribution in [3.8, 4) is 0 Å². The predicted octanol–water partition coefficient (Wildman–Crippen LogP) is 5.67. The van der Waals surface area contributed by atoms with E-state index in [4.69, 9.17) is 34.8 Å². The van der Waals surface area contributed by atoms with Crippen molar-refractivity contribution in [1.29, 1.82) is 0 Å². The molecule has 2 aromatic heterocycles. The first-order chi connectivity index (χ1) is 11.0. The second-order valence-electron chi connectivity index (χ2n) is 4.61. The van der Waals surface area contributed by atoms with Crippen LogP contribution in [0.1, 0.15) is 0 Å². The van der Waals surface area contributed by atoms with E-state index in [-0.39, 0.29) is 0 Å². The summed E-state index contributed by atoms with van der Waals surface area (Å²) in [5, 5.41) is 9.80. The summed E-state index contributed by atoms with van der Waals surface area (Å²) in [6.07, 6.45) is 1.70. The first kappa shape index (κ1) is 16.5. The van der Waals surface area contributed by atoms with Crippen molar-refractivity contribution in [3.63, 3.8) is 0 Å². The van der Waals surface area contributed by atoms with Gasteiger partial charge in [0.1, 0.15) is 16.5 Å². The van der Waals surface area contributed by atoms with Crippen LogP contribution >= 0.6 is 46.6 Å². The number of benzene rings is 1. The highest BCUT2D eigenvalue weighted by Gasteiger charge is 2.18. The Hall–Kier alpha value is -1.40. The number of hydrogen-bond acceptors (Lipinski definition) is 4. The Labute approximate surface area is 152 Å². The highest BCUT2D eigenvalue weighted by Crippen LogP contribution is 2.41. The highest BCUT2D eigenvalue weighted by molar-refractivity contribution is 7.99. The molecular formula is C15H11Cl3N4S. The Morgan fingerprint density at radius 2 is 1.96 bits per heavy atom. The Morgan fingerprint density at radius 1 is 1.13 bits per heavy atom. The number of hydrogen-bond donors (Lipinski definition) is 1. The molecule has 0 aliphatic carbocycles. The third kappa shape index (κ3) is 3.75. The van der Waals surface area contributed by atoms with Gasteiger partial charge in [0.15, 0.2) is 5.15 Å². The van der Waals surface area contributed by atoms with E-state index < -0.39 is 0 Å². The maximum atomic E-state index is 6.25. The molecule has 0 atom stereocenters. The van der Waals surface area contributed by atoms with Crippen molar-refractivity contribution in [3.05, 3.63) is 57.8 Å². The van der Waals surface area contributed by atoms with Gasteiger partial charge in [-0.25, -0.2) is 4.98 Å². The largest absolute Gasteiger partial charge is 0.335 e. The van der Waals surface area contributed by atoms with Crippen LogP contribution in [0.2, 0.25) is 15.2 Å². The van der Waals surface area contributed by atoms with E-state index in [0.29, 0.717) is 26.7 Å². The zero-order valence-corrected chi connectivity index (χ0v) is 15.0. The second-order valence-corrected chi connectivity index (χ2v) is 6.84. The predicted molar refractivity (Wildman–Crippen MR) is 96.3 cm³/mol. The number of nitrogens with zero attached hydrogens (tertiary/aromatic N) is 3. The molecule has 3 aromatic rings. The molecule has 0 aliphatic heterocycles. The Bertz CT molecular complexity index is 836. The summed E-state index contributed by atoms with van der Waals surface area (Å²) in [6.45, 7) is 0. The number of halogens is 3. The summed E-state index contributed by atoms with van der Waals surface area (Å²) in [7, 11) is 1.82. The van der Waals surface area contributed by atoms with E-state index in [2.05, 4.69) is 15.4 Å². The van der Waals surface area contributed by atoms with Crippen LogP contribution in [0, 0.1) is 0 Å². The minimum absolute atomic E-state index is 0.366. The van der Waals surface area contributed by atoms with Gasteiger partial charge in [-0.15, -0.1) is 0 Å². The third-order valence-corrected chi connectivity index (χ3v) is 5.13. The number of aromatic nitrogens is 3. The zero-order chi connectivity index (χ0) is 16.4. The molecule has 0 unspecified atom stereocenters. The lowest BCUT2D eigenvalue weighted by Gasteiger charge is -2.09. The van der Waals surface area contributed by atoms with E-state index >= 15 is 0 Å². The van der Waals surface area contributed by atoms with E-state index in [1.807, 2.05) is 31.3 Å². The van der Waals surface area contributed by atoms with Crippen molar-refractivity contribution in [2.24, 2.45) is 7.05 Å². The Balaban J connectivity index is 1.96. The van der Waals surface area contributed by atoms with Gasteiger partial charge >= 0.3 is 0 Å². The molecule has 8 heteroatoms. The molecule has 0 saturated heterocycles. The minimum Gasteiger partial charge on any atom is -0.335 e. The summed E-state index contributed by atoms with van der Waals surface area (Å²) in [5.74, 6) is 0.687. The number of nitrogens with one attached hydrogen (secondary N) is 1. The SMILES string of the molecule is Cn1nc(Cl)c(Nc2ccccn2)c1Sc1ccc(Cl)cc1Cl. The third-order valence-electron chi connectivity index (χ3n) is 2.97. The van der Waals surface area contributed by atoms with E-state index in [1.165, 1.54) is 11.8 Å². The van der Waals surface area contributed by atoms with Gasteiger partial charge in [0.05, 0.1) is 5.02 Å². The van der Waals surface area contributed by atoms with Crippen LogP contribution in [0.15, 0.2) is 52.5 Å². The van der Waals surface area contributed by atoms with Gasteiger partial charge in [-0.05, 0) is 30.3 Å². The molecule has 118 valence electrons.